The fourth-order valence-electron chi connectivity index (χ4n) is 3.82. The highest BCUT2D eigenvalue weighted by Gasteiger charge is 2.48. The Morgan fingerprint density at radius 3 is 2.67 bits per heavy atom. The van der Waals surface area contributed by atoms with Crippen molar-refractivity contribution in [1.29, 1.82) is 0 Å². The third kappa shape index (κ3) is 3.42. The molecular weight excluding hydrogens is 308 g/mol. The van der Waals surface area contributed by atoms with Crippen molar-refractivity contribution in [1.82, 2.24) is 10.2 Å². The molecule has 0 saturated carbocycles. The second-order valence-corrected chi connectivity index (χ2v) is 7.88. The fourth-order valence-corrected chi connectivity index (χ4v) is 3.82. The second kappa shape index (κ2) is 6.15. The summed E-state index contributed by atoms with van der Waals surface area (Å²) in [6.07, 6.45) is 3.46. The SMILES string of the molecule is CC(C)(C)OC(=O)N1CCC2(CC1)CC(=O)NCC2c1ccco1. The number of furan rings is 1. The Labute approximate surface area is 142 Å². The van der Waals surface area contributed by atoms with Crippen LogP contribution >= 0.6 is 0 Å². The molecule has 6 nitrogen and oxygen atoms in total. The van der Waals surface area contributed by atoms with Gasteiger partial charge in [-0.15, -0.1) is 0 Å². The molecule has 2 saturated heterocycles. The molecule has 0 bridgehead atoms. The van der Waals surface area contributed by atoms with E-state index in [9.17, 15) is 9.59 Å². The first-order chi connectivity index (χ1) is 11.3. The Hall–Kier alpha value is -1.98. The van der Waals surface area contributed by atoms with Crippen LogP contribution in [0.3, 0.4) is 0 Å². The lowest BCUT2D eigenvalue weighted by Crippen LogP contribution is -2.53. The van der Waals surface area contributed by atoms with E-state index in [1.165, 1.54) is 0 Å². The van der Waals surface area contributed by atoms with Gasteiger partial charge in [-0.1, -0.05) is 0 Å². The van der Waals surface area contributed by atoms with E-state index in [0.29, 0.717) is 26.1 Å². The number of rotatable bonds is 1. The van der Waals surface area contributed by atoms with Crippen LogP contribution in [-0.4, -0.2) is 42.1 Å². The standard InChI is InChI=1S/C18H26N2O4/c1-17(2,3)24-16(22)20-8-6-18(7-9-20)11-15(21)19-12-13(18)14-5-4-10-23-14/h4-5,10,13H,6-9,11-12H2,1-3H3,(H,19,21). The number of carbonyl (C=O) groups is 2. The van der Waals surface area contributed by atoms with Gasteiger partial charge in [0.15, 0.2) is 0 Å². The Morgan fingerprint density at radius 2 is 2.08 bits per heavy atom. The van der Waals surface area contributed by atoms with Crippen molar-refractivity contribution in [3.63, 3.8) is 0 Å². The summed E-state index contributed by atoms with van der Waals surface area (Å²) in [5, 5.41) is 2.95. The van der Waals surface area contributed by atoms with E-state index in [4.69, 9.17) is 9.15 Å². The van der Waals surface area contributed by atoms with Crippen LogP contribution in [0.5, 0.6) is 0 Å². The van der Waals surface area contributed by atoms with Gasteiger partial charge in [0.2, 0.25) is 5.91 Å². The molecule has 132 valence electrons. The van der Waals surface area contributed by atoms with Gasteiger partial charge in [0.05, 0.1) is 6.26 Å². The topological polar surface area (TPSA) is 71.8 Å². The lowest BCUT2D eigenvalue weighted by molar-refractivity contribution is -0.128. The summed E-state index contributed by atoms with van der Waals surface area (Å²) in [6.45, 7) is 7.43. The van der Waals surface area contributed by atoms with E-state index >= 15 is 0 Å². The van der Waals surface area contributed by atoms with Crippen LogP contribution in [0.2, 0.25) is 0 Å². The van der Waals surface area contributed by atoms with Gasteiger partial charge >= 0.3 is 6.09 Å². The summed E-state index contributed by atoms with van der Waals surface area (Å²) < 4.78 is 11.1. The van der Waals surface area contributed by atoms with Crippen molar-refractivity contribution in [3.8, 4) is 0 Å². The van der Waals surface area contributed by atoms with Gasteiger partial charge < -0.3 is 19.4 Å². The van der Waals surface area contributed by atoms with Gasteiger partial charge in [-0.2, -0.15) is 0 Å². The van der Waals surface area contributed by atoms with Crippen molar-refractivity contribution in [2.45, 2.75) is 51.6 Å². The molecule has 24 heavy (non-hydrogen) atoms. The molecule has 2 fully saturated rings. The van der Waals surface area contributed by atoms with E-state index in [1.807, 2.05) is 32.9 Å². The average Bonchev–Trinajstić information content (AvgIpc) is 3.00. The first-order valence-electron chi connectivity index (χ1n) is 8.57. The number of nitrogens with zero attached hydrogens (tertiary/aromatic N) is 1. The van der Waals surface area contributed by atoms with Gasteiger partial charge in [-0.05, 0) is 51.2 Å². The van der Waals surface area contributed by atoms with Crippen LogP contribution in [-0.2, 0) is 9.53 Å². The van der Waals surface area contributed by atoms with Crippen LogP contribution in [0.25, 0.3) is 0 Å². The minimum absolute atomic E-state index is 0.0866. The highest BCUT2D eigenvalue weighted by Crippen LogP contribution is 2.48. The van der Waals surface area contributed by atoms with Gasteiger partial charge in [0, 0.05) is 32.0 Å². The Kier molecular flexibility index (Phi) is 4.32. The molecule has 1 atom stereocenters. The number of likely N-dealkylation sites (tertiary alicyclic amines) is 1. The number of ether oxygens (including phenoxy) is 1. The van der Waals surface area contributed by atoms with Crippen LogP contribution < -0.4 is 5.32 Å². The first-order valence-corrected chi connectivity index (χ1v) is 8.57. The van der Waals surface area contributed by atoms with Crippen molar-refractivity contribution in [2.75, 3.05) is 19.6 Å². The molecule has 1 spiro atoms. The van der Waals surface area contributed by atoms with E-state index in [1.54, 1.807) is 11.2 Å². The summed E-state index contributed by atoms with van der Waals surface area (Å²) in [6, 6.07) is 3.86. The highest BCUT2D eigenvalue weighted by molar-refractivity contribution is 5.78. The zero-order chi connectivity index (χ0) is 17.4. The van der Waals surface area contributed by atoms with Crippen LogP contribution in [0.1, 0.15) is 51.7 Å². The third-order valence-electron chi connectivity index (χ3n) is 5.05. The Bertz CT molecular complexity index is 595. The lowest BCUT2D eigenvalue weighted by Gasteiger charge is -2.48. The second-order valence-electron chi connectivity index (χ2n) is 7.88. The fraction of sp³-hybridized carbons (Fsp3) is 0.667. The van der Waals surface area contributed by atoms with Crippen LogP contribution in [0, 0.1) is 5.41 Å². The van der Waals surface area contributed by atoms with Crippen molar-refractivity contribution < 1.29 is 18.7 Å². The molecule has 3 rings (SSSR count). The number of nitrogens with one attached hydrogen (secondary N) is 1. The predicted octanol–water partition coefficient (Wildman–Crippen LogP) is 2.90. The quantitative estimate of drug-likeness (QED) is 0.857. The van der Waals surface area contributed by atoms with E-state index < -0.39 is 5.60 Å². The van der Waals surface area contributed by atoms with Gasteiger partial charge in [0.1, 0.15) is 11.4 Å². The minimum atomic E-state index is -0.492. The molecule has 1 aromatic heterocycles. The summed E-state index contributed by atoms with van der Waals surface area (Å²) in [5.41, 5.74) is -0.633. The molecule has 0 radical (unpaired) electrons. The van der Waals surface area contributed by atoms with E-state index in [-0.39, 0.29) is 23.3 Å². The first kappa shape index (κ1) is 16.9. The normalized spacial score (nSPS) is 23.9. The number of amides is 2. The zero-order valence-corrected chi connectivity index (χ0v) is 14.6. The molecule has 0 aromatic carbocycles. The van der Waals surface area contributed by atoms with Crippen LogP contribution in [0.4, 0.5) is 4.79 Å². The molecule has 1 N–H and O–H groups in total. The van der Waals surface area contributed by atoms with Gasteiger partial charge in [0.25, 0.3) is 0 Å². The average molecular weight is 334 g/mol. The molecule has 0 aliphatic carbocycles. The maximum absolute atomic E-state index is 12.3. The lowest BCUT2D eigenvalue weighted by atomic mass is 9.64. The number of hydrogen-bond donors (Lipinski definition) is 1. The summed E-state index contributed by atoms with van der Waals surface area (Å²) in [5.74, 6) is 1.16. The molecule has 3 heterocycles. The molecule has 2 aliphatic heterocycles. The Balaban J connectivity index is 1.72. The number of carbonyl (C=O) groups excluding carboxylic acids is 2. The molecular formula is C18H26N2O4. The Morgan fingerprint density at radius 1 is 1.38 bits per heavy atom. The molecule has 2 aliphatic rings. The molecule has 2 amide bonds. The van der Waals surface area contributed by atoms with Gasteiger partial charge in [-0.25, -0.2) is 4.79 Å². The maximum Gasteiger partial charge on any atom is 0.410 e. The summed E-state index contributed by atoms with van der Waals surface area (Å²) >= 11 is 0. The molecule has 1 unspecified atom stereocenters. The molecule has 1 aromatic rings. The summed E-state index contributed by atoms with van der Waals surface area (Å²) in [4.78, 5) is 26.0. The highest BCUT2D eigenvalue weighted by atomic mass is 16.6. The van der Waals surface area contributed by atoms with Crippen molar-refractivity contribution in [3.05, 3.63) is 24.2 Å². The van der Waals surface area contributed by atoms with E-state index in [2.05, 4.69) is 5.32 Å². The molecule has 6 heteroatoms. The largest absolute Gasteiger partial charge is 0.469 e. The van der Waals surface area contributed by atoms with Crippen molar-refractivity contribution >= 4 is 12.0 Å². The van der Waals surface area contributed by atoms with Crippen LogP contribution in [0.15, 0.2) is 22.8 Å². The van der Waals surface area contributed by atoms with Gasteiger partial charge in [-0.3, -0.25) is 4.79 Å². The number of hydrogen-bond acceptors (Lipinski definition) is 4. The zero-order valence-electron chi connectivity index (χ0n) is 14.6. The van der Waals surface area contributed by atoms with Crippen molar-refractivity contribution in [2.24, 2.45) is 5.41 Å². The smallest absolute Gasteiger partial charge is 0.410 e. The predicted molar refractivity (Wildman–Crippen MR) is 88.5 cm³/mol. The monoisotopic (exact) mass is 334 g/mol. The number of piperidine rings is 2. The maximum atomic E-state index is 12.3. The third-order valence-corrected chi connectivity index (χ3v) is 5.05. The van der Waals surface area contributed by atoms with E-state index in [0.717, 1.165) is 18.6 Å². The summed E-state index contributed by atoms with van der Waals surface area (Å²) in [7, 11) is 0. The minimum Gasteiger partial charge on any atom is -0.469 e.